The lowest BCUT2D eigenvalue weighted by atomic mass is 9.83. The minimum atomic E-state index is -0.626. The van der Waals surface area contributed by atoms with Crippen molar-refractivity contribution in [3.63, 3.8) is 0 Å². The number of aliphatic hydroxyl groups is 1. The predicted molar refractivity (Wildman–Crippen MR) is 143 cm³/mol. The van der Waals surface area contributed by atoms with Crippen LogP contribution in [0.3, 0.4) is 0 Å². The number of rotatable bonds is 5. The van der Waals surface area contributed by atoms with Gasteiger partial charge in [-0.3, -0.25) is 9.88 Å². The van der Waals surface area contributed by atoms with Gasteiger partial charge in [-0.1, -0.05) is 0 Å². The molecule has 0 unspecified atom stereocenters. The van der Waals surface area contributed by atoms with Gasteiger partial charge in [-0.15, -0.1) is 0 Å². The Kier molecular flexibility index (Phi) is 6.13. The van der Waals surface area contributed by atoms with Gasteiger partial charge in [-0.25, -0.2) is 15.0 Å². The van der Waals surface area contributed by atoms with Crippen molar-refractivity contribution in [3.05, 3.63) is 30.0 Å². The summed E-state index contributed by atoms with van der Waals surface area (Å²) in [6, 6.07) is 2.13. The number of morpholine rings is 1. The second kappa shape index (κ2) is 9.34. The molecule has 4 aromatic rings. The van der Waals surface area contributed by atoms with Gasteiger partial charge in [0.1, 0.15) is 5.82 Å². The number of anilines is 1. The molecule has 196 valence electrons. The predicted octanol–water partition coefficient (Wildman–Crippen LogP) is 3.03. The van der Waals surface area contributed by atoms with Gasteiger partial charge >= 0.3 is 0 Å². The SMILES string of the molecule is Cc1cc2c(-c3nc(N4CCOCC4)c4nc(CN5CCC(C(C)(C)O)CC5)n(C)c4n3)cncc2[nH]1. The Morgan fingerprint density at radius 3 is 2.57 bits per heavy atom. The van der Waals surface area contributed by atoms with Crippen LogP contribution in [0.25, 0.3) is 33.5 Å². The number of hydrogen-bond donors (Lipinski definition) is 2. The van der Waals surface area contributed by atoms with E-state index in [-0.39, 0.29) is 0 Å². The Hall–Kier alpha value is -3.08. The van der Waals surface area contributed by atoms with Crippen molar-refractivity contribution in [1.82, 2.24) is 34.4 Å². The van der Waals surface area contributed by atoms with E-state index in [9.17, 15) is 5.11 Å². The second-order valence-electron chi connectivity index (χ2n) is 11.0. The van der Waals surface area contributed by atoms with Gasteiger partial charge in [0.05, 0.1) is 37.1 Å². The lowest BCUT2D eigenvalue weighted by Crippen LogP contribution is -2.41. The molecule has 6 heterocycles. The molecule has 10 heteroatoms. The van der Waals surface area contributed by atoms with Gasteiger partial charge in [-0.05, 0) is 58.7 Å². The van der Waals surface area contributed by atoms with Crippen LogP contribution in [-0.4, -0.2) is 84.5 Å². The first kappa shape index (κ1) is 24.3. The molecule has 2 N–H and O–H groups in total. The van der Waals surface area contributed by atoms with E-state index in [0.717, 1.165) is 90.5 Å². The van der Waals surface area contributed by atoms with Crippen LogP contribution in [0, 0.1) is 12.8 Å². The summed E-state index contributed by atoms with van der Waals surface area (Å²) in [5.41, 5.74) is 4.01. The zero-order valence-corrected chi connectivity index (χ0v) is 22.2. The first-order valence-corrected chi connectivity index (χ1v) is 13.2. The smallest absolute Gasteiger partial charge is 0.166 e. The molecule has 2 aliphatic rings. The molecule has 2 aliphatic heterocycles. The molecule has 0 spiro atoms. The topological polar surface area (TPSA) is 108 Å². The number of fused-ring (bicyclic) bond motifs is 2. The summed E-state index contributed by atoms with van der Waals surface area (Å²) in [5, 5.41) is 11.5. The third-order valence-corrected chi connectivity index (χ3v) is 7.98. The molecular weight excluding hydrogens is 468 g/mol. The van der Waals surface area contributed by atoms with Crippen LogP contribution >= 0.6 is 0 Å². The van der Waals surface area contributed by atoms with Crippen molar-refractivity contribution >= 4 is 27.9 Å². The van der Waals surface area contributed by atoms with E-state index in [2.05, 4.69) is 30.4 Å². The molecule has 6 rings (SSSR count). The van der Waals surface area contributed by atoms with Crippen LogP contribution < -0.4 is 4.90 Å². The Bertz CT molecular complexity index is 1420. The van der Waals surface area contributed by atoms with E-state index in [1.54, 1.807) is 0 Å². The first-order chi connectivity index (χ1) is 17.8. The molecule has 0 radical (unpaired) electrons. The summed E-state index contributed by atoms with van der Waals surface area (Å²) in [6.45, 7) is 11.4. The minimum Gasteiger partial charge on any atom is -0.390 e. The molecule has 2 fully saturated rings. The number of piperidine rings is 1. The largest absolute Gasteiger partial charge is 0.390 e. The van der Waals surface area contributed by atoms with E-state index >= 15 is 0 Å². The molecule has 37 heavy (non-hydrogen) atoms. The normalized spacial score (nSPS) is 18.4. The van der Waals surface area contributed by atoms with Gasteiger partial charge < -0.3 is 24.3 Å². The number of ether oxygens (including phenoxy) is 1. The summed E-state index contributed by atoms with van der Waals surface area (Å²) in [6.07, 6.45) is 5.67. The number of pyridine rings is 1. The zero-order valence-electron chi connectivity index (χ0n) is 22.2. The van der Waals surface area contributed by atoms with E-state index in [4.69, 9.17) is 19.7 Å². The highest BCUT2D eigenvalue weighted by Crippen LogP contribution is 2.33. The summed E-state index contributed by atoms with van der Waals surface area (Å²) in [7, 11) is 2.05. The molecule has 0 saturated carbocycles. The molecule has 0 bridgehead atoms. The van der Waals surface area contributed by atoms with Gasteiger partial charge in [0.15, 0.2) is 22.8 Å². The van der Waals surface area contributed by atoms with Crippen LogP contribution in [0.4, 0.5) is 5.82 Å². The number of aromatic nitrogens is 6. The Labute approximate surface area is 216 Å². The lowest BCUT2D eigenvalue weighted by Gasteiger charge is -2.37. The van der Waals surface area contributed by atoms with Crippen LogP contribution in [-0.2, 0) is 18.3 Å². The minimum absolute atomic E-state index is 0.332. The molecule has 2 saturated heterocycles. The summed E-state index contributed by atoms with van der Waals surface area (Å²) in [4.78, 5) is 27.7. The number of nitrogens with one attached hydrogen (secondary N) is 1. The fraction of sp³-hybridized carbons (Fsp3) is 0.556. The molecule has 0 aliphatic carbocycles. The number of H-pyrrole nitrogens is 1. The summed E-state index contributed by atoms with van der Waals surface area (Å²) < 4.78 is 7.73. The molecule has 0 aromatic carbocycles. The molecule has 0 atom stereocenters. The fourth-order valence-electron chi connectivity index (χ4n) is 5.72. The van der Waals surface area contributed by atoms with Gasteiger partial charge in [0, 0.05) is 43.0 Å². The average molecular weight is 505 g/mol. The van der Waals surface area contributed by atoms with Gasteiger partial charge in [-0.2, -0.15) is 0 Å². The van der Waals surface area contributed by atoms with Crippen molar-refractivity contribution in [2.45, 2.75) is 45.8 Å². The highest BCUT2D eigenvalue weighted by Gasteiger charge is 2.31. The highest BCUT2D eigenvalue weighted by atomic mass is 16.5. The third kappa shape index (κ3) is 4.58. The summed E-state index contributed by atoms with van der Waals surface area (Å²) in [5.74, 6) is 2.83. The van der Waals surface area contributed by atoms with E-state index in [1.165, 1.54) is 0 Å². The molecule has 10 nitrogen and oxygen atoms in total. The van der Waals surface area contributed by atoms with E-state index in [1.807, 2.05) is 40.2 Å². The standard InChI is InChI=1S/C27H36N8O2/c1-17-13-19-20(14-28-15-21(19)29-17)24-31-25-23(26(32-24)35-9-11-37-12-10-35)30-22(33(25)4)16-34-7-5-18(6-8-34)27(2,3)36/h13-15,18,29,36H,5-12,16H2,1-4H3. The van der Waals surface area contributed by atoms with Crippen LogP contribution in [0.1, 0.15) is 38.2 Å². The van der Waals surface area contributed by atoms with Crippen molar-refractivity contribution in [1.29, 1.82) is 0 Å². The average Bonchev–Trinajstić information content (AvgIpc) is 3.42. The number of nitrogens with zero attached hydrogens (tertiary/aromatic N) is 7. The number of hydrogen-bond acceptors (Lipinski definition) is 8. The Morgan fingerprint density at radius 1 is 1.08 bits per heavy atom. The Balaban J connectivity index is 1.40. The highest BCUT2D eigenvalue weighted by molar-refractivity contribution is 5.95. The zero-order chi connectivity index (χ0) is 25.7. The lowest BCUT2D eigenvalue weighted by molar-refractivity contribution is -0.0139. The van der Waals surface area contributed by atoms with Crippen LogP contribution in [0.15, 0.2) is 18.5 Å². The number of likely N-dealkylation sites (tertiary alicyclic amines) is 1. The number of aryl methyl sites for hydroxylation is 2. The maximum atomic E-state index is 10.4. The van der Waals surface area contributed by atoms with Gasteiger partial charge in [0.2, 0.25) is 0 Å². The Morgan fingerprint density at radius 2 is 1.84 bits per heavy atom. The molecular formula is C27H36N8O2. The van der Waals surface area contributed by atoms with Gasteiger partial charge in [0.25, 0.3) is 0 Å². The van der Waals surface area contributed by atoms with Crippen LogP contribution in [0.2, 0.25) is 0 Å². The molecule has 4 aromatic heterocycles. The molecule has 0 amide bonds. The monoisotopic (exact) mass is 504 g/mol. The van der Waals surface area contributed by atoms with Crippen molar-refractivity contribution < 1.29 is 9.84 Å². The van der Waals surface area contributed by atoms with E-state index in [0.29, 0.717) is 25.0 Å². The van der Waals surface area contributed by atoms with Crippen molar-refractivity contribution in [3.8, 4) is 11.4 Å². The quantitative estimate of drug-likeness (QED) is 0.427. The second-order valence-corrected chi connectivity index (χ2v) is 11.0. The van der Waals surface area contributed by atoms with Crippen LogP contribution in [0.5, 0.6) is 0 Å². The van der Waals surface area contributed by atoms with Crippen molar-refractivity contribution in [2.24, 2.45) is 13.0 Å². The first-order valence-electron chi connectivity index (χ1n) is 13.2. The number of imidazole rings is 1. The third-order valence-electron chi connectivity index (χ3n) is 7.98. The maximum Gasteiger partial charge on any atom is 0.166 e. The number of aromatic amines is 1. The van der Waals surface area contributed by atoms with Crippen molar-refractivity contribution in [2.75, 3.05) is 44.3 Å². The fourth-order valence-corrected chi connectivity index (χ4v) is 5.72. The summed E-state index contributed by atoms with van der Waals surface area (Å²) >= 11 is 0. The van der Waals surface area contributed by atoms with E-state index < -0.39 is 5.60 Å². The maximum absolute atomic E-state index is 10.4.